The zero-order chi connectivity index (χ0) is 20.6. The third kappa shape index (κ3) is 2.76. The third-order valence-corrected chi connectivity index (χ3v) is 5.47. The lowest BCUT2D eigenvalue weighted by Gasteiger charge is -2.48. The molecule has 0 saturated carbocycles. The van der Waals surface area contributed by atoms with Crippen LogP contribution in [-0.4, -0.2) is 34.9 Å². The Morgan fingerprint density at radius 1 is 1.17 bits per heavy atom. The van der Waals surface area contributed by atoms with Crippen LogP contribution in [0.15, 0.2) is 48.5 Å². The first-order chi connectivity index (χ1) is 14.0. The lowest BCUT2D eigenvalue weighted by atomic mass is 9.96. The van der Waals surface area contributed by atoms with Gasteiger partial charge < -0.3 is 9.64 Å². The average Bonchev–Trinajstić information content (AvgIpc) is 3.11. The van der Waals surface area contributed by atoms with Crippen molar-refractivity contribution in [1.29, 1.82) is 5.26 Å². The lowest BCUT2D eigenvalue weighted by molar-refractivity contribution is -0.158. The summed E-state index contributed by atoms with van der Waals surface area (Å²) in [5.74, 6) is -1.12. The second kappa shape index (κ2) is 7.06. The fourth-order valence-corrected chi connectivity index (χ4v) is 4.11. The highest BCUT2D eigenvalue weighted by molar-refractivity contribution is 6.15. The van der Waals surface area contributed by atoms with E-state index >= 15 is 0 Å². The number of carbonyl (C=O) groups is 3. The van der Waals surface area contributed by atoms with Crippen molar-refractivity contribution < 1.29 is 19.1 Å². The average molecular weight is 389 g/mol. The molecule has 1 fully saturated rings. The van der Waals surface area contributed by atoms with Crippen LogP contribution in [0.25, 0.3) is 0 Å². The minimum atomic E-state index is -1.47. The summed E-state index contributed by atoms with van der Waals surface area (Å²) >= 11 is 0. The van der Waals surface area contributed by atoms with Gasteiger partial charge in [-0.05, 0) is 36.8 Å². The van der Waals surface area contributed by atoms with Crippen LogP contribution in [0.3, 0.4) is 0 Å². The van der Waals surface area contributed by atoms with Crippen molar-refractivity contribution in [3.63, 3.8) is 0 Å². The number of hydrogen-bond donors (Lipinski definition) is 0. The zero-order valence-electron chi connectivity index (χ0n) is 15.9. The highest BCUT2D eigenvalue weighted by Crippen LogP contribution is 2.45. The molecule has 0 unspecified atom stereocenters. The number of benzene rings is 2. The van der Waals surface area contributed by atoms with E-state index in [0.717, 1.165) is 5.56 Å². The molecule has 2 heterocycles. The number of ether oxygens (including phenoxy) is 1. The van der Waals surface area contributed by atoms with Gasteiger partial charge in [0.2, 0.25) is 11.6 Å². The first-order valence-corrected chi connectivity index (χ1v) is 9.43. The molecule has 2 aromatic carbocycles. The minimum Gasteiger partial charge on any atom is -0.458 e. The Balaban J connectivity index is 1.69. The molecule has 1 atom stereocenters. The number of fused-ring (bicyclic) bond motifs is 3. The van der Waals surface area contributed by atoms with Crippen LogP contribution in [0.2, 0.25) is 0 Å². The normalized spacial score (nSPS) is 20.1. The molecule has 0 radical (unpaired) electrons. The number of nitriles is 1. The van der Waals surface area contributed by atoms with E-state index in [9.17, 15) is 14.4 Å². The Morgan fingerprint density at radius 2 is 1.90 bits per heavy atom. The molecule has 2 aliphatic rings. The second-order valence-corrected chi connectivity index (χ2v) is 7.00. The summed E-state index contributed by atoms with van der Waals surface area (Å²) in [6, 6.07) is 15.6. The highest BCUT2D eigenvalue weighted by atomic mass is 16.5. The summed E-state index contributed by atoms with van der Waals surface area (Å²) in [5, 5.41) is 8.89. The Bertz CT molecular complexity index is 1040. The molecule has 7 nitrogen and oxygen atoms in total. The highest BCUT2D eigenvalue weighted by Gasteiger charge is 2.61. The number of carbonyl (C=O) groups excluding carboxylic acids is 3. The summed E-state index contributed by atoms with van der Waals surface area (Å²) in [6.07, 6.45) is 0.343. The van der Waals surface area contributed by atoms with E-state index in [1.807, 2.05) is 6.07 Å². The number of nitrogens with zero attached hydrogens (tertiary/aromatic N) is 3. The summed E-state index contributed by atoms with van der Waals surface area (Å²) in [6.45, 7) is 2.03. The fraction of sp³-hybridized carbons (Fsp3) is 0.273. The monoisotopic (exact) mass is 389 g/mol. The van der Waals surface area contributed by atoms with Crippen LogP contribution in [0.4, 0.5) is 5.69 Å². The quantitative estimate of drug-likeness (QED) is 0.750. The zero-order valence-corrected chi connectivity index (χ0v) is 15.9. The summed E-state index contributed by atoms with van der Waals surface area (Å²) in [7, 11) is 0. The van der Waals surface area contributed by atoms with Gasteiger partial charge in [0.1, 0.15) is 6.61 Å². The molecule has 29 heavy (non-hydrogen) atoms. The van der Waals surface area contributed by atoms with Crippen molar-refractivity contribution in [2.24, 2.45) is 0 Å². The smallest absolute Gasteiger partial charge is 0.354 e. The maximum Gasteiger partial charge on any atom is 0.354 e. The van der Waals surface area contributed by atoms with Crippen LogP contribution in [0.5, 0.6) is 0 Å². The number of para-hydroxylation sites is 1. The van der Waals surface area contributed by atoms with E-state index in [1.54, 1.807) is 55.5 Å². The maximum atomic E-state index is 13.3. The van der Waals surface area contributed by atoms with Crippen LogP contribution in [0, 0.1) is 11.3 Å². The number of rotatable bonds is 4. The molecule has 0 bridgehead atoms. The molecule has 2 amide bonds. The maximum absolute atomic E-state index is 13.3. The van der Waals surface area contributed by atoms with Crippen molar-refractivity contribution in [3.8, 4) is 6.07 Å². The molecule has 7 heteroatoms. The minimum absolute atomic E-state index is 0.0122. The Morgan fingerprint density at radius 3 is 2.59 bits per heavy atom. The third-order valence-electron chi connectivity index (χ3n) is 5.47. The van der Waals surface area contributed by atoms with E-state index in [4.69, 9.17) is 10.00 Å². The molecule has 4 rings (SSSR count). The molecule has 0 aliphatic carbocycles. The van der Waals surface area contributed by atoms with Gasteiger partial charge in [-0.15, -0.1) is 0 Å². The molecule has 2 aliphatic heterocycles. The van der Waals surface area contributed by atoms with Gasteiger partial charge in [-0.1, -0.05) is 24.3 Å². The Kier molecular flexibility index (Phi) is 4.55. The van der Waals surface area contributed by atoms with Gasteiger partial charge in [-0.2, -0.15) is 5.26 Å². The van der Waals surface area contributed by atoms with E-state index in [0.29, 0.717) is 16.8 Å². The van der Waals surface area contributed by atoms with E-state index < -0.39 is 11.6 Å². The Hall–Kier alpha value is -3.66. The van der Waals surface area contributed by atoms with Gasteiger partial charge in [0.25, 0.3) is 5.91 Å². The van der Waals surface area contributed by atoms with Crippen LogP contribution in [-0.2, 0) is 20.9 Å². The molecule has 0 spiro atoms. The predicted octanol–water partition coefficient (Wildman–Crippen LogP) is 2.60. The summed E-state index contributed by atoms with van der Waals surface area (Å²) in [5.41, 5.74) is 0.609. The number of likely N-dealkylation sites (N-methyl/N-ethyl adjacent to an activating group) is 1. The molecule has 2 aromatic rings. The summed E-state index contributed by atoms with van der Waals surface area (Å²) in [4.78, 5) is 42.0. The number of hydrogen-bond acceptors (Lipinski definition) is 5. The van der Waals surface area contributed by atoms with Crippen molar-refractivity contribution >= 4 is 23.5 Å². The molecule has 0 aromatic heterocycles. The predicted molar refractivity (Wildman–Crippen MR) is 104 cm³/mol. The van der Waals surface area contributed by atoms with Gasteiger partial charge >= 0.3 is 5.97 Å². The topological polar surface area (TPSA) is 90.7 Å². The molecule has 146 valence electrons. The standard InChI is InChI=1S/C22H19N3O4/c1-2-24-20(27)17-5-3-4-6-18(17)25-19(26)11-12-22(24,25)21(28)29-14-16-9-7-15(13-23)8-10-16/h3-10H,2,11-12,14H2,1H3/t22-/m0/s1. The second-order valence-electron chi connectivity index (χ2n) is 7.00. The van der Waals surface area contributed by atoms with E-state index in [1.165, 1.54) is 9.80 Å². The fourth-order valence-electron chi connectivity index (χ4n) is 4.11. The number of anilines is 1. The SMILES string of the molecule is CCN1C(=O)c2ccccc2N2C(=O)CC[C@]12C(=O)OCc1ccc(C#N)cc1. The van der Waals surface area contributed by atoms with E-state index in [2.05, 4.69) is 0 Å². The van der Waals surface area contributed by atoms with Crippen molar-refractivity contribution in [1.82, 2.24) is 4.90 Å². The largest absolute Gasteiger partial charge is 0.458 e. The first-order valence-electron chi connectivity index (χ1n) is 9.43. The van der Waals surface area contributed by atoms with E-state index in [-0.39, 0.29) is 37.8 Å². The van der Waals surface area contributed by atoms with Gasteiger partial charge in [0, 0.05) is 19.4 Å². The van der Waals surface area contributed by atoms with Crippen LogP contribution < -0.4 is 4.90 Å². The van der Waals surface area contributed by atoms with Gasteiger partial charge in [0.05, 0.1) is 22.9 Å². The van der Waals surface area contributed by atoms with Gasteiger partial charge in [-0.25, -0.2) is 4.79 Å². The Labute approximate surface area is 168 Å². The van der Waals surface area contributed by atoms with Crippen LogP contribution >= 0.6 is 0 Å². The number of esters is 1. The first kappa shape index (κ1) is 18.7. The van der Waals surface area contributed by atoms with Crippen molar-refractivity contribution in [3.05, 3.63) is 65.2 Å². The summed E-state index contributed by atoms with van der Waals surface area (Å²) < 4.78 is 5.58. The molecular weight excluding hydrogens is 370 g/mol. The molecule has 0 N–H and O–H groups in total. The lowest BCUT2D eigenvalue weighted by Crippen LogP contribution is -2.68. The molecule has 1 saturated heterocycles. The van der Waals surface area contributed by atoms with Crippen molar-refractivity contribution in [2.45, 2.75) is 32.0 Å². The van der Waals surface area contributed by atoms with Crippen LogP contribution in [0.1, 0.15) is 41.3 Å². The van der Waals surface area contributed by atoms with Crippen molar-refractivity contribution in [2.75, 3.05) is 11.4 Å². The van der Waals surface area contributed by atoms with Gasteiger partial charge in [0.15, 0.2) is 0 Å². The molecular formula is C22H19N3O4. The van der Waals surface area contributed by atoms with Gasteiger partial charge in [-0.3, -0.25) is 14.5 Å². The number of amides is 2.